The number of para-hydroxylation sites is 2. The van der Waals surface area contributed by atoms with Gasteiger partial charge in [-0.2, -0.15) is 22.7 Å². The number of hydrogen-bond donors (Lipinski definition) is 0. The number of ketones is 1. The first-order valence-corrected chi connectivity index (χ1v) is 45.3. The average Bonchev–Trinajstić information content (AvgIpc) is 0.807. The van der Waals surface area contributed by atoms with E-state index < -0.39 is 0 Å². The van der Waals surface area contributed by atoms with Crippen molar-refractivity contribution in [2.24, 2.45) is 0 Å². The number of thiazole rings is 2. The first kappa shape index (κ1) is 99.1. The Balaban J connectivity index is 0.000000153. The van der Waals surface area contributed by atoms with Gasteiger partial charge in [0.2, 0.25) is 0 Å². The molecule has 20 aromatic rings. The van der Waals surface area contributed by atoms with Gasteiger partial charge in [-0.3, -0.25) is 19.9 Å². The molecule has 8 heterocycles. The van der Waals surface area contributed by atoms with Crippen LogP contribution in [0.5, 0.6) is 0 Å². The third-order valence-electron chi connectivity index (χ3n) is 21.4. The van der Waals surface area contributed by atoms with Gasteiger partial charge >= 0.3 is 84.3 Å². The molecule has 0 saturated heterocycles. The van der Waals surface area contributed by atoms with Gasteiger partial charge in [-0.1, -0.05) is 213 Å². The van der Waals surface area contributed by atoms with Crippen LogP contribution in [0.15, 0.2) is 424 Å². The maximum Gasteiger partial charge on any atom is 2.00 e. The molecule has 8 aromatic heterocycles. The number of aromatic nitrogens is 8. The van der Waals surface area contributed by atoms with E-state index in [1.54, 1.807) is 47.2 Å². The van der Waals surface area contributed by atoms with E-state index in [0.717, 1.165) is 157 Å². The molecule has 0 aliphatic heterocycles. The van der Waals surface area contributed by atoms with Crippen LogP contribution in [0.4, 0.5) is 51.2 Å². The number of hydrogen-bond acceptors (Lipinski definition) is 14. The SMILES string of the molecule is CCCCCCCCc1ccc(N(c2[c-]c(-c3ccccn3)ccc2)c2[c-]c(-c3ccccn3)ccc2)cc1.O=C(c1[c-]c(-c2ccccn2)ccc1)c1[c-]c(-c2ccccn2)ccc1.[Pt+2].[Pt+2].[Pt+2].[Pt+2].[c-]1c(-c2ccccn2)cccc1N(c1[c-]c(-c2ccccn2)ccc1)c1ccccc1-c1ccccc1.[c-]1c(-c2nccs2)cccc1N(c1[c-]c(-c2nccs2)ccc1)c1ccccc1. The van der Waals surface area contributed by atoms with Crippen molar-refractivity contribution in [2.75, 3.05) is 14.7 Å². The van der Waals surface area contributed by atoms with Crippen molar-refractivity contribution >= 4 is 79.6 Å². The van der Waals surface area contributed by atoms with E-state index in [1.807, 2.05) is 242 Å². The maximum absolute atomic E-state index is 12.9. The van der Waals surface area contributed by atoms with Crippen molar-refractivity contribution < 1.29 is 89.1 Å². The molecule has 0 atom stereocenters. The van der Waals surface area contributed by atoms with Crippen LogP contribution in [-0.4, -0.2) is 45.7 Å². The van der Waals surface area contributed by atoms with Crippen molar-refractivity contribution in [1.29, 1.82) is 0 Å². The van der Waals surface area contributed by atoms with Crippen molar-refractivity contribution in [1.82, 2.24) is 39.9 Å². The third-order valence-corrected chi connectivity index (χ3v) is 23.0. The van der Waals surface area contributed by atoms with E-state index in [4.69, 9.17) is 0 Å². The Hall–Kier alpha value is -13.4. The van der Waals surface area contributed by atoms with Gasteiger partial charge in [0, 0.05) is 98.7 Å². The van der Waals surface area contributed by atoms with Gasteiger partial charge in [0.25, 0.3) is 0 Å². The third kappa shape index (κ3) is 26.4. The summed E-state index contributed by atoms with van der Waals surface area (Å²) in [5.74, 6) is -0.124. The second-order valence-electron chi connectivity index (χ2n) is 30.4. The fourth-order valence-corrected chi connectivity index (χ4v) is 16.3. The summed E-state index contributed by atoms with van der Waals surface area (Å²) in [4.78, 5) is 55.2. The molecule has 0 N–H and O–H groups in total. The Morgan fingerprint density at radius 3 is 0.919 bits per heavy atom. The number of unbranched alkanes of at least 4 members (excludes halogenated alkanes) is 5. The van der Waals surface area contributed by atoms with Crippen LogP contribution in [0.3, 0.4) is 0 Å². The standard InChI is InChI=1S/C36H35N3.C34H23N3.C24H15N3S2.C23H14N2O.4Pt/c1-2-3-4-5-6-7-14-29-21-23-32(24-22-29)39(33-17-12-15-30(27-33)35-19-8-10-25-37-35)34-18-13-16-31(28-34)36-20-9-11-26-38-36;1-2-12-26(13-3-1)31-18-4-5-21-34(31)37(29-16-10-14-27(24-29)32-19-6-8-22-35-32)30-17-11-15-28(25-30)33-20-7-9-23-36-33;1-2-8-20(9-3-1)27(21-10-4-6-18(16-21)23-25-12-14-28-23)22-11-5-7-19(17-22)24-26-13-15-29-24;26-23(19-9-5-7-17(15-19)21-11-1-3-13-24-21)20-10-6-8-18(16-20)22-12-2-4-14-25-22;;;;/h8-13,15-26H,2-7,14H2,1H3;1-23H;1-15H;1-14H;;;;/q4*-2;4*+2. The predicted molar refractivity (Wildman–Crippen MR) is 534 cm³/mol. The molecule has 0 aliphatic carbocycles. The normalized spacial score (nSPS) is 10.4. The first-order valence-electron chi connectivity index (χ1n) is 43.6. The van der Waals surface area contributed by atoms with Gasteiger partial charge in [-0.05, 0) is 148 Å². The van der Waals surface area contributed by atoms with Gasteiger partial charge in [-0.25, -0.2) is 0 Å². The molecule has 668 valence electrons. The second-order valence-corrected chi connectivity index (χ2v) is 32.1. The van der Waals surface area contributed by atoms with Gasteiger partial charge in [0.15, 0.2) is 0 Å². The molecular formula is C117H87N11OPt4S2. The first-order chi connectivity index (χ1) is 64.9. The molecule has 18 heteroatoms. The molecule has 0 radical (unpaired) electrons. The molecule has 0 fully saturated rings. The number of carbonyl (C=O) groups excluding carboxylic acids is 1. The summed E-state index contributed by atoms with van der Waals surface area (Å²) >= 11 is 3.23. The zero-order chi connectivity index (χ0) is 88.8. The maximum atomic E-state index is 12.9. The average molecular weight is 2510 g/mol. The van der Waals surface area contributed by atoms with E-state index in [0.29, 0.717) is 11.1 Å². The summed E-state index contributed by atoms with van der Waals surface area (Å²) in [5.41, 5.74) is 25.8. The van der Waals surface area contributed by atoms with Gasteiger partial charge < -0.3 is 39.4 Å². The number of nitrogens with zero attached hydrogens (tertiary/aromatic N) is 11. The van der Waals surface area contributed by atoms with Crippen molar-refractivity contribution in [3.05, 3.63) is 490 Å². The van der Waals surface area contributed by atoms with E-state index in [2.05, 4.69) is 268 Å². The molecule has 0 aliphatic rings. The number of anilines is 9. The van der Waals surface area contributed by atoms with Gasteiger partial charge in [0.05, 0.1) is 5.69 Å². The van der Waals surface area contributed by atoms with Crippen LogP contribution >= 0.6 is 22.7 Å². The van der Waals surface area contributed by atoms with Gasteiger partial charge in [-0.15, -0.1) is 228 Å². The van der Waals surface area contributed by atoms with E-state index >= 15 is 0 Å². The number of carbonyl (C=O) groups is 1. The van der Waals surface area contributed by atoms with E-state index in [1.165, 1.54) is 44.1 Å². The van der Waals surface area contributed by atoms with Gasteiger partial charge in [0.1, 0.15) is 5.78 Å². The number of pyridine rings is 6. The molecule has 12 nitrogen and oxygen atoms in total. The molecule has 0 spiro atoms. The summed E-state index contributed by atoms with van der Waals surface area (Å²) in [5, 5.41) is 5.88. The quantitative estimate of drug-likeness (QED) is 0.0276. The van der Waals surface area contributed by atoms with Crippen molar-refractivity contribution in [2.45, 2.75) is 51.9 Å². The fourth-order valence-electron chi connectivity index (χ4n) is 15.1. The van der Waals surface area contributed by atoms with E-state index in [-0.39, 0.29) is 90.0 Å². The number of rotatable bonds is 27. The Morgan fingerprint density at radius 2 is 0.563 bits per heavy atom. The van der Waals surface area contributed by atoms with Crippen LogP contribution in [0, 0.1) is 48.5 Å². The minimum atomic E-state index is -0.124. The molecule has 0 unspecified atom stereocenters. The second kappa shape index (κ2) is 51.2. The Morgan fingerprint density at radius 1 is 0.259 bits per heavy atom. The van der Waals surface area contributed by atoms with Crippen LogP contribution in [-0.2, 0) is 90.7 Å². The van der Waals surface area contributed by atoms with Crippen LogP contribution in [0.1, 0.15) is 66.9 Å². The molecule has 0 saturated carbocycles. The van der Waals surface area contributed by atoms with E-state index in [9.17, 15) is 4.79 Å². The summed E-state index contributed by atoms with van der Waals surface area (Å²) < 4.78 is 0. The van der Waals surface area contributed by atoms with Crippen molar-refractivity contribution in [3.8, 4) is 99.8 Å². The van der Waals surface area contributed by atoms with Crippen LogP contribution in [0.2, 0.25) is 0 Å². The number of aryl methyl sites for hydroxylation is 1. The molecule has 0 bridgehead atoms. The minimum absolute atomic E-state index is 0. The van der Waals surface area contributed by atoms with Crippen molar-refractivity contribution in [3.63, 3.8) is 0 Å². The largest absolute Gasteiger partial charge is 2.00 e. The minimum Gasteiger partial charge on any atom is -0.346 e. The van der Waals surface area contributed by atoms with Crippen LogP contribution in [0.25, 0.3) is 99.8 Å². The summed E-state index contributed by atoms with van der Waals surface area (Å²) in [6.07, 6.45) is 23.3. The molecule has 0 amide bonds. The Kier molecular flexibility index (Phi) is 37.6. The Bertz CT molecular complexity index is 6670. The smallest absolute Gasteiger partial charge is 0.346 e. The molecule has 135 heavy (non-hydrogen) atoms. The fraction of sp³-hybridized carbons (Fsp3) is 0.0684. The Labute approximate surface area is 856 Å². The molecule has 12 aromatic carbocycles. The predicted octanol–water partition coefficient (Wildman–Crippen LogP) is 30.0. The topological polar surface area (TPSA) is 130 Å². The molecule has 20 rings (SSSR count). The van der Waals surface area contributed by atoms with Crippen LogP contribution < -0.4 is 14.7 Å². The summed E-state index contributed by atoms with van der Waals surface area (Å²) in [6, 6.07) is 149. The molecular weight excluding hydrogens is 2420 g/mol. The zero-order valence-corrected chi connectivity index (χ0v) is 84.0. The monoisotopic (exact) mass is 2510 g/mol. The zero-order valence-electron chi connectivity index (χ0n) is 73.3. The number of benzene rings is 12. The summed E-state index contributed by atoms with van der Waals surface area (Å²) in [6.45, 7) is 2.27. The summed E-state index contributed by atoms with van der Waals surface area (Å²) in [7, 11) is 0.